The van der Waals surface area contributed by atoms with E-state index < -0.39 is 0 Å². The first-order chi connectivity index (χ1) is 24.2. The van der Waals surface area contributed by atoms with Crippen LogP contribution < -0.4 is 0 Å². The van der Waals surface area contributed by atoms with Crippen LogP contribution in [0.2, 0.25) is 0 Å². The summed E-state index contributed by atoms with van der Waals surface area (Å²) in [6, 6.07) is 42.1. The Morgan fingerprint density at radius 2 is 1.16 bits per heavy atom. The molecule has 1 saturated heterocycles. The number of benzene rings is 5. The first kappa shape index (κ1) is 27.5. The third-order valence-electron chi connectivity index (χ3n) is 10.6. The van der Waals surface area contributed by atoms with E-state index in [-0.39, 0.29) is 6.10 Å². The summed E-state index contributed by atoms with van der Waals surface area (Å²) in [6.45, 7) is 0. The Kier molecular flexibility index (Phi) is 5.89. The minimum absolute atomic E-state index is 0.0742. The van der Waals surface area contributed by atoms with E-state index in [1.54, 1.807) is 0 Å². The van der Waals surface area contributed by atoms with Crippen LogP contribution in [0.4, 0.5) is 0 Å². The fourth-order valence-electron chi connectivity index (χ4n) is 8.42. The smallest absolute Gasteiger partial charge is 0.124 e. The molecule has 49 heavy (non-hydrogen) atoms. The van der Waals surface area contributed by atoms with Crippen LogP contribution in [0, 0.1) is 34.5 Å². The van der Waals surface area contributed by atoms with Crippen LogP contribution in [0.5, 0.6) is 0 Å². The highest BCUT2D eigenvalue weighted by Crippen LogP contribution is 2.47. The van der Waals surface area contributed by atoms with Crippen LogP contribution in [0.1, 0.15) is 22.4 Å². The van der Waals surface area contributed by atoms with Crippen LogP contribution in [-0.4, -0.2) is 15.2 Å². The van der Waals surface area contributed by atoms with Crippen molar-refractivity contribution < 1.29 is 4.74 Å². The van der Waals surface area contributed by atoms with E-state index >= 15 is 0 Å². The molecule has 0 spiro atoms. The van der Waals surface area contributed by atoms with Gasteiger partial charge >= 0.3 is 0 Å². The maximum absolute atomic E-state index is 10.5. The fourth-order valence-corrected chi connectivity index (χ4v) is 8.42. The number of hydrogen-bond donors (Lipinski definition) is 0. The summed E-state index contributed by atoms with van der Waals surface area (Å²) in [5, 5.41) is 24.5. The Hall–Kier alpha value is -6.56. The standard InChI is InChI=1S/C44H28N4O/c45-25-27-21-29(47-39-13-5-1-9-33(39)34-10-2-6-14-40(34)47)17-19-31(27)32-20-18-30(22-28(32)26-46)48-41-15-7-3-11-35(41)37-23-38-36-12-4-8-16-43(36)49-44(38)24-42(37)48/h1-22,24,36,38,43H,23H2. The summed E-state index contributed by atoms with van der Waals surface area (Å²) >= 11 is 0. The van der Waals surface area contributed by atoms with Gasteiger partial charge in [-0.3, -0.25) is 0 Å². The average Bonchev–Trinajstić information content (AvgIpc) is 3.80. The van der Waals surface area contributed by atoms with Crippen LogP contribution in [0.25, 0.3) is 61.3 Å². The van der Waals surface area contributed by atoms with Crippen LogP contribution in [0.3, 0.4) is 0 Å². The number of para-hydroxylation sites is 3. The number of fused-ring (bicyclic) bond motifs is 9. The molecular formula is C44H28N4O. The number of aromatic nitrogens is 2. The SMILES string of the molecule is N#Cc1cc(-n2c3c(c4ccccc42)CC2C(=C3)OC3C=CC=CC32)ccc1-c1ccc(-n2c3ccccc3c3ccccc32)cc1C#N. The quantitative estimate of drug-likeness (QED) is 0.196. The van der Waals surface area contributed by atoms with E-state index in [0.29, 0.717) is 23.0 Å². The zero-order valence-electron chi connectivity index (χ0n) is 26.4. The molecule has 0 radical (unpaired) electrons. The summed E-state index contributed by atoms with van der Waals surface area (Å²) in [7, 11) is 0. The van der Waals surface area contributed by atoms with Gasteiger partial charge in [-0.05, 0) is 60.5 Å². The molecule has 7 aromatic rings. The summed E-state index contributed by atoms with van der Waals surface area (Å²) in [5.74, 6) is 1.68. The molecular weight excluding hydrogens is 601 g/mol. The van der Waals surface area contributed by atoms with Gasteiger partial charge in [0.1, 0.15) is 11.9 Å². The Bertz CT molecular complexity index is 2670. The van der Waals surface area contributed by atoms with Gasteiger partial charge in [-0.2, -0.15) is 10.5 Å². The van der Waals surface area contributed by atoms with Crippen molar-refractivity contribution in [2.45, 2.75) is 12.5 Å². The van der Waals surface area contributed by atoms with E-state index in [2.05, 4.69) is 118 Å². The fraction of sp³-hybridized carbons (Fsp3) is 0.0909. The van der Waals surface area contributed by atoms with Gasteiger partial charge in [0.15, 0.2) is 0 Å². The van der Waals surface area contributed by atoms with E-state index in [1.165, 1.54) is 21.7 Å². The molecule has 3 heterocycles. The zero-order chi connectivity index (χ0) is 32.6. The lowest BCUT2D eigenvalue weighted by Crippen LogP contribution is -2.20. The molecule has 3 unspecified atom stereocenters. The van der Waals surface area contributed by atoms with E-state index in [1.807, 2.05) is 42.5 Å². The molecule has 5 heteroatoms. The highest BCUT2D eigenvalue weighted by Gasteiger charge is 2.42. The molecule has 10 rings (SSSR count). The van der Waals surface area contributed by atoms with Crippen LogP contribution >= 0.6 is 0 Å². The van der Waals surface area contributed by atoms with Crippen molar-refractivity contribution in [3.63, 3.8) is 0 Å². The first-order valence-corrected chi connectivity index (χ1v) is 16.6. The number of hydrogen-bond acceptors (Lipinski definition) is 3. The van der Waals surface area contributed by atoms with Gasteiger partial charge in [0.05, 0.1) is 45.5 Å². The topological polar surface area (TPSA) is 66.7 Å². The molecule has 2 aliphatic carbocycles. The van der Waals surface area contributed by atoms with Crippen molar-refractivity contribution in [1.82, 2.24) is 9.13 Å². The van der Waals surface area contributed by atoms with Gasteiger partial charge < -0.3 is 13.9 Å². The lowest BCUT2D eigenvalue weighted by Gasteiger charge is -2.21. The van der Waals surface area contributed by atoms with Crippen molar-refractivity contribution in [2.75, 3.05) is 0 Å². The molecule has 3 atom stereocenters. The average molecular weight is 629 g/mol. The number of nitriles is 2. The molecule has 3 aliphatic rings. The van der Waals surface area contributed by atoms with E-state index in [0.717, 1.165) is 56.9 Å². The molecule has 5 nitrogen and oxygen atoms in total. The van der Waals surface area contributed by atoms with Crippen molar-refractivity contribution in [3.05, 3.63) is 162 Å². The molecule has 230 valence electrons. The molecule has 1 aliphatic heterocycles. The van der Waals surface area contributed by atoms with Gasteiger partial charge in [0, 0.05) is 56.6 Å². The normalized spacial score (nSPS) is 18.8. The maximum atomic E-state index is 10.5. The predicted octanol–water partition coefficient (Wildman–Crippen LogP) is 9.79. The molecule has 0 N–H and O–H groups in total. The van der Waals surface area contributed by atoms with Crippen LogP contribution in [-0.2, 0) is 11.2 Å². The third kappa shape index (κ3) is 3.97. The number of ether oxygens (including phenoxy) is 1. The van der Waals surface area contributed by atoms with Gasteiger partial charge in [-0.15, -0.1) is 0 Å². The van der Waals surface area contributed by atoms with Crippen molar-refractivity contribution in [1.29, 1.82) is 10.5 Å². The maximum Gasteiger partial charge on any atom is 0.124 e. The molecule has 1 fully saturated rings. The summed E-state index contributed by atoms with van der Waals surface area (Å²) in [6.07, 6.45) is 11.8. The second-order valence-corrected chi connectivity index (χ2v) is 13.1. The Labute approximate surface area is 283 Å². The highest BCUT2D eigenvalue weighted by atomic mass is 16.5. The van der Waals surface area contributed by atoms with Gasteiger partial charge in [0.25, 0.3) is 0 Å². The van der Waals surface area contributed by atoms with Gasteiger partial charge in [-0.1, -0.05) is 85.0 Å². The lowest BCUT2D eigenvalue weighted by molar-refractivity contribution is 0.186. The predicted molar refractivity (Wildman–Crippen MR) is 194 cm³/mol. The summed E-state index contributed by atoms with van der Waals surface area (Å²) < 4.78 is 10.9. The van der Waals surface area contributed by atoms with E-state index in [9.17, 15) is 10.5 Å². The summed E-state index contributed by atoms with van der Waals surface area (Å²) in [4.78, 5) is 0. The molecule has 0 amide bonds. The second kappa shape index (κ2) is 10.5. The van der Waals surface area contributed by atoms with E-state index in [4.69, 9.17) is 4.74 Å². The number of allylic oxidation sites excluding steroid dienone is 3. The van der Waals surface area contributed by atoms with Crippen molar-refractivity contribution in [2.24, 2.45) is 11.8 Å². The second-order valence-electron chi connectivity index (χ2n) is 13.1. The van der Waals surface area contributed by atoms with Gasteiger partial charge in [-0.25, -0.2) is 0 Å². The minimum atomic E-state index is 0.0742. The highest BCUT2D eigenvalue weighted by molar-refractivity contribution is 6.09. The Balaban J connectivity index is 1.10. The zero-order valence-corrected chi connectivity index (χ0v) is 26.4. The number of nitrogens with zero attached hydrogens (tertiary/aromatic N) is 4. The lowest BCUT2D eigenvalue weighted by atomic mass is 9.80. The van der Waals surface area contributed by atoms with Crippen molar-refractivity contribution in [3.8, 4) is 34.6 Å². The van der Waals surface area contributed by atoms with Crippen LogP contribution in [0.15, 0.2) is 139 Å². The Morgan fingerprint density at radius 1 is 0.612 bits per heavy atom. The summed E-state index contributed by atoms with van der Waals surface area (Å²) in [5.41, 5.74) is 10.0. The molecule has 2 aromatic heterocycles. The van der Waals surface area contributed by atoms with Crippen molar-refractivity contribution >= 4 is 38.8 Å². The molecule has 0 bridgehead atoms. The minimum Gasteiger partial charge on any atom is -0.490 e. The largest absolute Gasteiger partial charge is 0.490 e. The van der Waals surface area contributed by atoms with Gasteiger partial charge in [0.2, 0.25) is 0 Å². The monoisotopic (exact) mass is 628 g/mol. The first-order valence-electron chi connectivity index (χ1n) is 16.6. The Morgan fingerprint density at radius 3 is 1.80 bits per heavy atom. The molecule has 5 aromatic carbocycles. The molecule has 0 saturated carbocycles. The third-order valence-corrected chi connectivity index (χ3v) is 10.6. The number of rotatable bonds is 3.